The highest BCUT2D eigenvalue weighted by Gasteiger charge is 2.38. The lowest BCUT2D eigenvalue weighted by atomic mass is 9.80. The number of ether oxygens (including phenoxy) is 3. The average Bonchev–Trinajstić information content (AvgIpc) is 3.03. The SMILES string of the molecule is CN=C(NCC1(N2CCOCC2)CCCCC1)Nc1ccc2c(c1)OCCCO2.I. The maximum Gasteiger partial charge on any atom is 0.195 e. The Morgan fingerprint density at radius 1 is 1.00 bits per heavy atom. The Labute approximate surface area is 196 Å². The second-order valence-corrected chi connectivity index (χ2v) is 8.15. The van der Waals surface area contributed by atoms with Crippen LogP contribution in [0.25, 0.3) is 0 Å². The average molecular weight is 530 g/mol. The molecule has 2 aliphatic heterocycles. The van der Waals surface area contributed by atoms with Gasteiger partial charge in [-0.3, -0.25) is 9.89 Å². The molecule has 1 aromatic rings. The molecule has 2 heterocycles. The molecule has 1 saturated heterocycles. The number of nitrogens with one attached hydrogen (secondary N) is 2. The van der Waals surface area contributed by atoms with Crippen molar-refractivity contribution in [2.45, 2.75) is 44.1 Å². The van der Waals surface area contributed by atoms with Crippen LogP contribution in [0.4, 0.5) is 5.69 Å². The second-order valence-electron chi connectivity index (χ2n) is 8.15. The first kappa shape index (κ1) is 23.4. The monoisotopic (exact) mass is 530 g/mol. The molecule has 0 amide bonds. The van der Waals surface area contributed by atoms with Crippen molar-refractivity contribution in [1.82, 2.24) is 10.2 Å². The van der Waals surface area contributed by atoms with Crippen LogP contribution in [0.2, 0.25) is 0 Å². The predicted molar refractivity (Wildman–Crippen MR) is 131 cm³/mol. The van der Waals surface area contributed by atoms with E-state index in [2.05, 4.69) is 20.5 Å². The minimum Gasteiger partial charge on any atom is -0.490 e. The van der Waals surface area contributed by atoms with Crippen LogP contribution in [-0.2, 0) is 4.74 Å². The molecule has 0 atom stereocenters. The lowest BCUT2D eigenvalue weighted by Gasteiger charge is -2.48. The summed E-state index contributed by atoms with van der Waals surface area (Å²) in [5.74, 6) is 2.39. The number of benzene rings is 1. The lowest BCUT2D eigenvalue weighted by molar-refractivity contribution is -0.0352. The number of hydrogen-bond acceptors (Lipinski definition) is 5. The van der Waals surface area contributed by atoms with Crippen molar-refractivity contribution in [2.24, 2.45) is 4.99 Å². The van der Waals surface area contributed by atoms with Gasteiger partial charge in [0, 0.05) is 50.4 Å². The van der Waals surface area contributed by atoms with Crippen molar-refractivity contribution in [2.75, 3.05) is 58.4 Å². The van der Waals surface area contributed by atoms with Gasteiger partial charge in [0.1, 0.15) is 0 Å². The summed E-state index contributed by atoms with van der Waals surface area (Å²) in [5, 5.41) is 7.02. The van der Waals surface area contributed by atoms with Gasteiger partial charge in [-0.25, -0.2) is 0 Å². The zero-order valence-corrected chi connectivity index (χ0v) is 20.3. The van der Waals surface area contributed by atoms with Gasteiger partial charge in [-0.2, -0.15) is 0 Å². The van der Waals surface area contributed by atoms with E-state index in [1.54, 1.807) is 0 Å². The molecule has 2 N–H and O–H groups in total. The van der Waals surface area contributed by atoms with Crippen molar-refractivity contribution < 1.29 is 14.2 Å². The van der Waals surface area contributed by atoms with Crippen LogP contribution in [0.1, 0.15) is 38.5 Å². The fourth-order valence-corrected chi connectivity index (χ4v) is 4.66. The van der Waals surface area contributed by atoms with E-state index in [1.165, 1.54) is 32.1 Å². The summed E-state index contributed by atoms with van der Waals surface area (Å²) >= 11 is 0. The standard InChI is InChI=1S/C22H34N4O3.HI/c1-23-21(25-18-6-7-19-20(16-18)29-13-5-12-28-19)24-17-22(8-3-2-4-9-22)26-10-14-27-15-11-26;/h6-7,16H,2-5,8-15,17H2,1H3,(H2,23,24,25);1H. The van der Waals surface area contributed by atoms with E-state index >= 15 is 0 Å². The first-order valence-corrected chi connectivity index (χ1v) is 11.0. The van der Waals surface area contributed by atoms with Gasteiger partial charge in [0.05, 0.1) is 26.4 Å². The van der Waals surface area contributed by atoms with Gasteiger partial charge in [0.2, 0.25) is 0 Å². The van der Waals surface area contributed by atoms with Gasteiger partial charge in [-0.15, -0.1) is 24.0 Å². The number of anilines is 1. The van der Waals surface area contributed by atoms with Gasteiger partial charge in [0.15, 0.2) is 17.5 Å². The van der Waals surface area contributed by atoms with Gasteiger partial charge in [-0.05, 0) is 25.0 Å². The molecule has 0 spiro atoms. The van der Waals surface area contributed by atoms with Gasteiger partial charge in [-0.1, -0.05) is 19.3 Å². The van der Waals surface area contributed by atoms with E-state index in [-0.39, 0.29) is 29.5 Å². The van der Waals surface area contributed by atoms with E-state index in [0.717, 1.165) is 62.4 Å². The van der Waals surface area contributed by atoms with Gasteiger partial charge < -0.3 is 24.8 Å². The maximum atomic E-state index is 5.81. The number of guanidine groups is 1. The van der Waals surface area contributed by atoms with Crippen LogP contribution in [0.5, 0.6) is 11.5 Å². The highest BCUT2D eigenvalue weighted by Crippen LogP contribution is 2.34. The molecule has 7 nitrogen and oxygen atoms in total. The normalized spacial score (nSPS) is 21.8. The summed E-state index contributed by atoms with van der Waals surface area (Å²) in [6.07, 6.45) is 7.32. The number of rotatable bonds is 4. The van der Waals surface area contributed by atoms with Crippen LogP contribution in [0.3, 0.4) is 0 Å². The number of aliphatic imine (C=N–C) groups is 1. The number of fused-ring (bicyclic) bond motifs is 1. The Morgan fingerprint density at radius 3 is 2.47 bits per heavy atom. The van der Waals surface area contributed by atoms with Gasteiger partial charge >= 0.3 is 0 Å². The van der Waals surface area contributed by atoms with E-state index in [1.807, 2.05) is 25.2 Å². The molecular weight excluding hydrogens is 495 g/mol. The highest BCUT2D eigenvalue weighted by atomic mass is 127. The van der Waals surface area contributed by atoms with Crippen LogP contribution < -0.4 is 20.1 Å². The number of nitrogens with zero attached hydrogens (tertiary/aromatic N) is 2. The molecule has 1 saturated carbocycles. The summed E-state index contributed by atoms with van der Waals surface area (Å²) in [6, 6.07) is 5.97. The third-order valence-electron chi connectivity index (χ3n) is 6.28. The van der Waals surface area contributed by atoms with Crippen LogP contribution >= 0.6 is 24.0 Å². The van der Waals surface area contributed by atoms with Crippen molar-refractivity contribution in [3.05, 3.63) is 18.2 Å². The van der Waals surface area contributed by atoms with Crippen molar-refractivity contribution in [3.8, 4) is 11.5 Å². The maximum absolute atomic E-state index is 5.81. The van der Waals surface area contributed by atoms with Crippen molar-refractivity contribution in [1.29, 1.82) is 0 Å². The number of halogens is 1. The molecule has 8 heteroatoms. The second kappa shape index (κ2) is 11.4. The smallest absolute Gasteiger partial charge is 0.195 e. The first-order valence-electron chi connectivity index (χ1n) is 11.0. The van der Waals surface area contributed by atoms with E-state index in [9.17, 15) is 0 Å². The molecule has 0 bridgehead atoms. The first-order chi connectivity index (χ1) is 14.3. The summed E-state index contributed by atoms with van der Waals surface area (Å²) in [4.78, 5) is 7.10. The molecule has 30 heavy (non-hydrogen) atoms. The molecule has 0 aromatic heterocycles. The van der Waals surface area contributed by atoms with E-state index in [0.29, 0.717) is 13.2 Å². The zero-order chi connectivity index (χ0) is 19.9. The molecular formula is C22H35IN4O3. The largest absolute Gasteiger partial charge is 0.490 e. The highest BCUT2D eigenvalue weighted by molar-refractivity contribution is 14.0. The third kappa shape index (κ3) is 5.70. The van der Waals surface area contributed by atoms with Crippen LogP contribution in [0, 0.1) is 0 Å². The Kier molecular flexibility index (Phi) is 8.88. The Hall–Kier alpha value is -1.26. The minimum absolute atomic E-state index is 0. The molecule has 0 radical (unpaired) electrons. The van der Waals surface area contributed by atoms with Crippen LogP contribution in [-0.4, -0.2) is 69.5 Å². The zero-order valence-electron chi connectivity index (χ0n) is 18.0. The van der Waals surface area contributed by atoms with E-state index in [4.69, 9.17) is 14.2 Å². The predicted octanol–water partition coefficient (Wildman–Crippen LogP) is 3.49. The molecule has 2 fully saturated rings. The fourth-order valence-electron chi connectivity index (χ4n) is 4.66. The van der Waals surface area contributed by atoms with E-state index < -0.39 is 0 Å². The summed E-state index contributed by atoms with van der Waals surface area (Å²) < 4.78 is 17.1. The van der Waals surface area contributed by atoms with Crippen LogP contribution in [0.15, 0.2) is 23.2 Å². The van der Waals surface area contributed by atoms with Gasteiger partial charge in [0.25, 0.3) is 0 Å². The molecule has 3 aliphatic rings. The number of hydrogen-bond donors (Lipinski definition) is 2. The molecule has 1 aromatic carbocycles. The Morgan fingerprint density at radius 2 is 1.73 bits per heavy atom. The van der Waals surface area contributed by atoms with Crippen molar-refractivity contribution >= 4 is 35.6 Å². The summed E-state index contributed by atoms with van der Waals surface area (Å²) in [6.45, 7) is 6.01. The summed E-state index contributed by atoms with van der Waals surface area (Å²) in [7, 11) is 1.82. The fraction of sp³-hybridized carbons (Fsp3) is 0.682. The van der Waals surface area contributed by atoms with Crippen molar-refractivity contribution in [3.63, 3.8) is 0 Å². The molecule has 168 valence electrons. The Balaban J connectivity index is 0.00000256. The molecule has 1 aliphatic carbocycles. The quantitative estimate of drug-likeness (QED) is 0.353. The molecule has 0 unspecified atom stereocenters. The molecule has 4 rings (SSSR count). The topological polar surface area (TPSA) is 67.4 Å². The lowest BCUT2D eigenvalue weighted by Crippen LogP contribution is -2.60. The summed E-state index contributed by atoms with van der Waals surface area (Å²) in [5.41, 5.74) is 1.15. The Bertz CT molecular complexity index is 704. The third-order valence-corrected chi connectivity index (χ3v) is 6.28. The number of morpholine rings is 1. The minimum atomic E-state index is 0.